The highest BCUT2D eigenvalue weighted by molar-refractivity contribution is 6.16. The van der Waals surface area contributed by atoms with E-state index in [1.807, 2.05) is 42.5 Å². The van der Waals surface area contributed by atoms with E-state index in [9.17, 15) is 4.79 Å². The molecule has 1 saturated heterocycles. The molecule has 0 spiro atoms. The zero-order chi connectivity index (χ0) is 19.5. The van der Waals surface area contributed by atoms with Crippen LogP contribution in [-0.2, 0) is 0 Å². The maximum absolute atomic E-state index is 13.3. The number of nitrogens with zero attached hydrogens (tertiary/aromatic N) is 2. The normalized spacial score (nSPS) is 14.1. The zero-order valence-electron chi connectivity index (χ0n) is 16.3. The Labute approximate surface area is 164 Å². The number of ether oxygens (including phenoxy) is 2. The summed E-state index contributed by atoms with van der Waals surface area (Å²) in [6.45, 7) is 1.87. The standard InChI is InChI=1S/C23H24N2O3/c1-27-20-13-17-19(14-21(20)28-2)24-15-18(22(17)25-11-7-4-8-12-25)23(26)16-9-5-3-6-10-16/h3,5-6,9-10,13-15H,4,7-8,11-12H2,1-2H3. The van der Waals surface area contributed by atoms with Crippen molar-refractivity contribution in [3.05, 3.63) is 59.8 Å². The predicted molar refractivity (Wildman–Crippen MR) is 111 cm³/mol. The van der Waals surface area contributed by atoms with Crippen LogP contribution in [0.15, 0.2) is 48.7 Å². The number of hydrogen-bond acceptors (Lipinski definition) is 5. The third-order valence-electron chi connectivity index (χ3n) is 5.30. The highest BCUT2D eigenvalue weighted by Crippen LogP contribution is 2.39. The molecular weight excluding hydrogens is 352 g/mol. The molecule has 1 aromatic heterocycles. The van der Waals surface area contributed by atoms with Crippen LogP contribution in [0.4, 0.5) is 5.69 Å². The monoisotopic (exact) mass is 376 g/mol. The number of anilines is 1. The highest BCUT2D eigenvalue weighted by atomic mass is 16.5. The number of benzene rings is 2. The lowest BCUT2D eigenvalue weighted by molar-refractivity contribution is 0.103. The molecule has 3 aromatic rings. The molecule has 144 valence electrons. The summed E-state index contributed by atoms with van der Waals surface area (Å²) < 4.78 is 10.9. The zero-order valence-corrected chi connectivity index (χ0v) is 16.3. The Bertz CT molecular complexity index is 996. The highest BCUT2D eigenvalue weighted by Gasteiger charge is 2.24. The van der Waals surface area contributed by atoms with Crippen LogP contribution in [0.2, 0.25) is 0 Å². The summed E-state index contributed by atoms with van der Waals surface area (Å²) in [5.41, 5.74) is 3.04. The molecule has 0 aliphatic carbocycles. The summed E-state index contributed by atoms with van der Waals surface area (Å²) in [5, 5.41) is 0.918. The molecular formula is C23H24N2O3. The number of fused-ring (bicyclic) bond motifs is 1. The number of hydrogen-bond donors (Lipinski definition) is 0. The predicted octanol–water partition coefficient (Wildman–Crippen LogP) is 4.47. The molecule has 1 fully saturated rings. The first kappa shape index (κ1) is 18.3. The van der Waals surface area contributed by atoms with Crippen LogP contribution in [0.1, 0.15) is 35.2 Å². The number of rotatable bonds is 5. The van der Waals surface area contributed by atoms with E-state index in [1.165, 1.54) is 6.42 Å². The largest absolute Gasteiger partial charge is 0.493 e. The van der Waals surface area contributed by atoms with Gasteiger partial charge in [0.2, 0.25) is 0 Å². The van der Waals surface area contributed by atoms with Crippen molar-refractivity contribution in [2.24, 2.45) is 0 Å². The lowest BCUT2D eigenvalue weighted by Crippen LogP contribution is -2.31. The third kappa shape index (κ3) is 3.28. The quantitative estimate of drug-likeness (QED) is 0.615. The van der Waals surface area contributed by atoms with E-state index in [1.54, 1.807) is 20.4 Å². The first-order valence-electron chi connectivity index (χ1n) is 9.62. The molecule has 2 aromatic carbocycles. The van der Waals surface area contributed by atoms with Crippen molar-refractivity contribution in [1.82, 2.24) is 4.98 Å². The Morgan fingerprint density at radius 1 is 0.964 bits per heavy atom. The fraction of sp³-hybridized carbons (Fsp3) is 0.304. The van der Waals surface area contributed by atoms with Crippen LogP contribution < -0.4 is 14.4 Å². The summed E-state index contributed by atoms with van der Waals surface area (Å²) in [5.74, 6) is 1.26. The second kappa shape index (κ2) is 7.89. The Morgan fingerprint density at radius 2 is 1.64 bits per heavy atom. The van der Waals surface area contributed by atoms with Crippen molar-refractivity contribution in [3.8, 4) is 11.5 Å². The van der Waals surface area contributed by atoms with Gasteiger partial charge < -0.3 is 14.4 Å². The van der Waals surface area contributed by atoms with Gasteiger partial charge in [-0.15, -0.1) is 0 Å². The molecule has 5 heteroatoms. The van der Waals surface area contributed by atoms with Gasteiger partial charge in [0.15, 0.2) is 17.3 Å². The SMILES string of the molecule is COc1cc2ncc(C(=O)c3ccccc3)c(N3CCCCC3)c2cc1OC. The fourth-order valence-corrected chi connectivity index (χ4v) is 3.87. The maximum atomic E-state index is 13.3. The van der Waals surface area contributed by atoms with Crippen LogP contribution in [0.3, 0.4) is 0 Å². The number of pyridine rings is 1. The second-order valence-corrected chi connectivity index (χ2v) is 6.99. The van der Waals surface area contributed by atoms with Gasteiger partial charge in [-0.25, -0.2) is 0 Å². The Balaban J connectivity index is 1.94. The fourth-order valence-electron chi connectivity index (χ4n) is 3.87. The molecule has 1 aliphatic rings. The summed E-state index contributed by atoms with van der Waals surface area (Å²) >= 11 is 0. The Hall–Kier alpha value is -3.08. The molecule has 28 heavy (non-hydrogen) atoms. The molecule has 0 amide bonds. The summed E-state index contributed by atoms with van der Waals surface area (Å²) in [4.78, 5) is 20.2. The minimum atomic E-state index is -0.00893. The van der Waals surface area contributed by atoms with Crippen LogP contribution >= 0.6 is 0 Å². The molecule has 2 heterocycles. The topological polar surface area (TPSA) is 51.7 Å². The van der Waals surface area contributed by atoms with E-state index < -0.39 is 0 Å². The minimum absolute atomic E-state index is 0.00893. The van der Waals surface area contributed by atoms with Crippen molar-refractivity contribution < 1.29 is 14.3 Å². The lowest BCUT2D eigenvalue weighted by atomic mass is 9.98. The van der Waals surface area contributed by atoms with E-state index >= 15 is 0 Å². The Kier molecular flexibility index (Phi) is 5.15. The van der Waals surface area contributed by atoms with Crippen LogP contribution in [0.5, 0.6) is 11.5 Å². The third-order valence-corrected chi connectivity index (χ3v) is 5.30. The van der Waals surface area contributed by atoms with Gasteiger partial charge >= 0.3 is 0 Å². The summed E-state index contributed by atoms with van der Waals surface area (Å²) in [7, 11) is 3.24. The average Bonchev–Trinajstić information content (AvgIpc) is 2.77. The smallest absolute Gasteiger partial charge is 0.196 e. The molecule has 0 unspecified atom stereocenters. The van der Waals surface area contributed by atoms with Crippen molar-refractivity contribution in [1.29, 1.82) is 0 Å². The number of piperidine rings is 1. The molecule has 0 saturated carbocycles. The van der Waals surface area contributed by atoms with Crippen LogP contribution in [0, 0.1) is 0 Å². The van der Waals surface area contributed by atoms with Crippen molar-refractivity contribution >= 4 is 22.4 Å². The van der Waals surface area contributed by atoms with E-state index in [-0.39, 0.29) is 5.78 Å². The molecule has 1 aliphatic heterocycles. The number of carbonyl (C=O) groups is 1. The van der Waals surface area contributed by atoms with Gasteiger partial charge in [0.25, 0.3) is 0 Å². The number of ketones is 1. The lowest BCUT2D eigenvalue weighted by Gasteiger charge is -2.31. The first-order chi connectivity index (χ1) is 13.7. The van der Waals surface area contributed by atoms with Gasteiger partial charge in [0.1, 0.15) is 0 Å². The first-order valence-corrected chi connectivity index (χ1v) is 9.62. The van der Waals surface area contributed by atoms with E-state index in [0.29, 0.717) is 22.6 Å². The number of methoxy groups -OCH3 is 2. The molecule has 0 N–H and O–H groups in total. The van der Waals surface area contributed by atoms with Gasteiger partial charge in [-0.1, -0.05) is 30.3 Å². The number of aromatic nitrogens is 1. The van der Waals surface area contributed by atoms with Gasteiger partial charge in [0.05, 0.1) is 31.0 Å². The maximum Gasteiger partial charge on any atom is 0.196 e. The van der Waals surface area contributed by atoms with Crippen molar-refractivity contribution in [2.75, 3.05) is 32.2 Å². The second-order valence-electron chi connectivity index (χ2n) is 6.99. The van der Waals surface area contributed by atoms with Gasteiger partial charge in [0, 0.05) is 36.3 Å². The molecule has 0 radical (unpaired) electrons. The van der Waals surface area contributed by atoms with E-state index in [0.717, 1.165) is 42.5 Å². The molecule has 5 nitrogen and oxygen atoms in total. The van der Waals surface area contributed by atoms with Gasteiger partial charge in [-0.05, 0) is 25.3 Å². The van der Waals surface area contributed by atoms with Gasteiger partial charge in [-0.3, -0.25) is 9.78 Å². The van der Waals surface area contributed by atoms with E-state index in [4.69, 9.17) is 9.47 Å². The van der Waals surface area contributed by atoms with Crippen molar-refractivity contribution in [3.63, 3.8) is 0 Å². The Morgan fingerprint density at radius 3 is 2.32 bits per heavy atom. The average molecular weight is 376 g/mol. The number of carbonyl (C=O) groups excluding carboxylic acids is 1. The van der Waals surface area contributed by atoms with Crippen LogP contribution in [0.25, 0.3) is 10.9 Å². The summed E-state index contributed by atoms with van der Waals surface area (Å²) in [6, 6.07) is 13.2. The van der Waals surface area contributed by atoms with Gasteiger partial charge in [-0.2, -0.15) is 0 Å². The summed E-state index contributed by atoms with van der Waals surface area (Å²) in [6.07, 6.45) is 5.16. The molecule has 0 atom stereocenters. The van der Waals surface area contributed by atoms with Crippen molar-refractivity contribution in [2.45, 2.75) is 19.3 Å². The molecule has 0 bridgehead atoms. The molecule has 4 rings (SSSR count). The minimum Gasteiger partial charge on any atom is -0.493 e. The van der Waals surface area contributed by atoms with Crippen LogP contribution in [-0.4, -0.2) is 38.1 Å². The van der Waals surface area contributed by atoms with E-state index in [2.05, 4.69) is 9.88 Å².